The molecule has 2 N–H and O–H groups in total. The average molecular weight is 267 g/mol. The normalized spacial score (nSPS) is 10.2. The van der Waals surface area contributed by atoms with Crippen LogP contribution in [0, 0.1) is 0 Å². The zero-order valence-corrected chi connectivity index (χ0v) is 11.0. The van der Waals surface area contributed by atoms with Crippen molar-refractivity contribution in [1.29, 1.82) is 0 Å². The first-order valence-corrected chi connectivity index (χ1v) is 6.54. The number of unbranched alkanes of at least 4 members (excludes halogenated alkanes) is 3. The molecule has 0 atom stereocenters. The van der Waals surface area contributed by atoms with Crippen LogP contribution >= 0.6 is 0 Å². The molecule has 0 radical (unpaired) electrons. The van der Waals surface area contributed by atoms with Gasteiger partial charge in [-0.15, -0.1) is 0 Å². The predicted octanol–water partition coefficient (Wildman–Crippen LogP) is 2.96. The van der Waals surface area contributed by atoms with Crippen LogP contribution in [0.5, 0.6) is 0 Å². The zero-order chi connectivity index (χ0) is 13.8. The van der Waals surface area contributed by atoms with Gasteiger partial charge in [-0.05, 0) is 18.4 Å². The maximum atomic E-state index is 11.4. The van der Waals surface area contributed by atoms with Gasteiger partial charge in [0.25, 0.3) is 0 Å². The summed E-state index contributed by atoms with van der Waals surface area (Å²) in [6.45, 7) is 1.26. The van der Waals surface area contributed by atoms with Gasteiger partial charge in [0.05, 0.1) is 6.61 Å². The highest BCUT2D eigenvalue weighted by molar-refractivity contribution is 5.67. The molecule has 5 nitrogen and oxygen atoms in total. The van der Waals surface area contributed by atoms with Gasteiger partial charge < -0.3 is 10.1 Å². The number of carbonyl (C=O) groups excluding carboxylic acids is 1. The van der Waals surface area contributed by atoms with Gasteiger partial charge in [-0.3, -0.25) is 5.26 Å². The quantitative estimate of drug-likeness (QED) is 0.410. The molecule has 0 saturated heterocycles. The number of ether oxygens (including phenoxy) is 1. The van der Waals surface area contributed by atoms with Crippen molar-refractivity contribution in [2.24, 2.45) is 0 Å². The van der Waals surface area contributed by atoms with Gasteiger partial charge in [-0.1, -0.05) is 43.2 Å². The molecule has 0 saturated carbocycles. The zero-order valence-electron chi connectivity index (χ0n) is 11.0. The maximum absolute atomic E-state index is 11.4. The van der Waals surface area contributed by atoms with E-state index in [4.69, 9.17) is 9.99 Å². The minimum atomic E-state index is -0.387. The van der Waals surface area contributed by atoms with E-state index in [1.54, 1.807) is 0 Å². The van der Waals surface area contributed by atoms with Gasteiger partial charge in [0, 0.05) is 6.54 Å². The summed E-state index contributed by atoms with van der Waals surface area (Å²) in [5.41, 5.74) is 0.974. The monoisotopic (exact) mass is 267 g/mol. The standard InChI is InChI=1S/C14H21NO4/c16-14(15-10-6-1-2-7-11-19-17)18-12-13-8-4-3-5-9-13/h3-5,8-9,17H,1-2,6-7,10-12H2,(H,15,16). The Morgan fingerprint density at radius 3 is 2.58 bits per heavy atom. The molecule has 0 bridgehead atoms. The van der Waals surface area contributed by atoms with Gasteiger partial charge in [0.1, 0.15) is 6.61 Å². The Labute approximate surface area is 113 Å². The Balaban J connectivity index is 1.96. The summed E-state index contributed by atoms with van der Waals surface area (Å²) < 4.78 is 5.07. The molecule has 0 aliphatic heterocycles. The Bertz CT molecular complexity index is 343. The molecule has 1 aromatic carbocycles. The van der Waals surface area contributed by atoms with Crippen LogP contribution in [-0.4, -0.2) is 24.5 Å². The lowest BCUT2D eigenvalue weighted by Crippen LogP contribution is -2.25. The van der Waals surface area contributed by atoms with Crippen molar-refractivity contribution in [2.45, 2.75) is 32.3 Å². The van der Waals surface area contributed by atoms with Crippen molar-refractivity contribution in [3.63, 3.8) is 0 Å². The van der Waals surface area contributed by atoms with E-state index >= 15 is 0 Å². The van der Waals surface area contributed by atoms with E-state index in [1.165, 1.54) is 0 Å². The van der Waals surface area contributed by atoms with Gasteiger partial charge in [-0.25, -0.2) is 9.68 Å². The van der Waals surface area contributed by atoms with Gasteiger partial charge >= 0.3 is 6.09 Å². The van der Waals surface area contributed by atoms with E-state index in [2.05, 4.69) is 10.2 Å². The first-order valence-electron chi connectivity index (χ1n) is 6.54. The molecular formula is C14H21NO4. The third kappa shape index (κ3) is 8.18. The molecule has 0 heterocycles. The Hall–Kier alpha value is -1.59. The van der Waals surface area contributed by atoms with Crippen LogP contribution in [0.3, 0.4) is 0 Å². The third-order valence-corrected chi connectivity index (χ3v) is 2.64. The van der Waals surface area contributed by atoms with Crippen molar-refractivity contribution >= 4 is 6.09 Å². The van der Waals surface area contributed by atoms with Crippen LogP contribution in [0.2, 0.25) is 0 Å². The number of hydrogen-bond donors (Lipinski definition) is 2. The molecule has 0 aliphatic carbocycles. The highest BCUT2D eigenvalue weighted by Gasteiger charge is 2.01. The first kappa shape index (κ1) is 15.5. The molecule has 0 fully saturated rings. The summed E-state index contributed by atoms with van der Waals surface area (Å²) in [5, 5.41) is 10.8. The largest absolute Gasteiger partial charge is 0.445 e. The van der Waals surface area contributed by atoms with Crippen molar-refractivity contribution in [3.8, 4) is 0 Å². The molecule has 1 rings (SSSR count). The van der Waals surface area contributed by atoms with Crippen LogP contribution in [0.1, 0.15) is 31.2 Å². The third-order valence-electron chi connectivity index (χ3n) is 2.64. The first-order chi connectivity index (χ1) is 9.33. The van der Waals surface area contributed by atoms with Crippen LogP contribution < -0.4 is 5.32 Å². The lowest BCUT2D eigenvalue weighted by Gasteiger charge is -2.06. The molecule has 5 heteroatoms. The Morgan fingerprint density at radius 1 is 1.11 bits per heavy atom. The number of carbonyl (C=O) groups is 1. The fourth-order valence-corrected chi connectivity index (χ4v) is 1.61. The van der Waals surface area contributed by atoms with Crippen LogP contribution in [0.4, 0.5) is 4.79 Å². The van der Waals surface area contributed by atoms with Crippen molar-refractivity contribution in [2.75, 3.05) is 13.2 Å². The lowest BCUT2D eigenvalue weighted by molar-refractivity contribution is -0.242. The molecule has 0 unspecified atom stereocenters. The summed E-state index contributed by atoms with van der Waals surface area (Å²) in [7, 11) is 0. The molecule has 0 aromatic heterocycles. The summed E-state index contributed by atoms with van der Waals surface area (Å²) in [5.74, 6) is 0. The number of alkyl carbamates (subject to hydrolysis) is 1. The molecule has 1 amide bonds. The SMILES string of the molecule is O=C(NCCCCCCOO)OCc1ccccc1. The Morgan fingerprint density at radius 2 is 1.84 bits per heavy atom. The van der Waals surface area contributed by atoms with Crippen molar-refractivity contribution < 1.29 is 19.7 Å². The summed E-state index contributed by atoms with van der Waals surface area (Å²) in [4.78, 5) is 15.3. The number of benzene rings is 1. The van der Waals surface area contributed by atoms with Gasteiger partial charge in [0.2, 0.25) is 0 Å². The molecule has 0 spiro atoms. The van der Waals surface area contributed by atoms with Crippen LogP contribution in [-0.2, 0) is 16.2 Å². The minimum absolute atomic E-state index is 0.292. The summed E-state index contributed by atoms with van der Waals surface area (Å²) in [6.07, 6.45) is 3.30. The van der Waals surface area contributed by atoms with Crippen molar-refractivity contribution in [3.05, 3.63) is 35.9 Å². The van der Waals surface area contributed by atoms with Gasteiger partial charge in [-0.2, -0.15) is 0 Å². The number of amides is 1. The van der Waals surface area contributed by atoms with E-state index in [1.807, 2.05) is 30.3 Å². The van der Waals surface area contributed by atoms with E-state index in [-0.39, 0.29) is 6.09 Å². The molecule has 19 heavy (non-hydrogen) atoms. The molecule has 1 aromatic rings. The van der Waals surface area contributed by atoms with Crippen molar-refractivity contribution in [1.82, 2.24) is 5.32 Å². The topological polar surface area (TPSA) is 67.8 Å². The van der Waals surface area contributed by atoms with Gasteiger partial charge in [0.15, 0.2) is 0 Å². The fraction of sp³-hybridized carbons (Fsp3) is 0.500. The number of hydrogen-bond acceptors (Lipinski definition) is 4. The van der Waals surface area contributed by atoms with E-state index in [0.29, 0.717) is 19.8 Å². The molecule has 106 valence electrons. The number of rotatable bonds is 9. The van der Waals surface area contributed by atoms with E-state index in [9.17, 15) is 4.79 Å². The van der Waals surface area contributed by atoms with E-state index < -0.39 is 0 Å². The predicted molar refractivity (Wildman–Crippen MR) is 71.7 cm³/mol. The Kier molecular flexibility index (Phi) is 8.42. The average Bonchev–Trinajstić information content (AvgIpc) is 2.45. The van der Waals surface area contributed by atoms with Crippen LogP contribution in [0.25, 0.3) is 0 Å². The molecular weight excluding hydrogens is 246 g/mol. The van der Waals surface area contributed by atoms with E-state index in [0.717, 1.165) is 31.2 Å². The fourth-order valence-electron chi connectivity index (χ4n) is 1.61. The summed E-state index contributed by atoms with van der Waals surface area (Å²) in [6, 6.07) is 9.57. The molecule has 0 aliphatic rings. The summed E-state index contributed by atoms with van der Waals surface area (Å²) >= 11 is 0. The second-order valence-corrected chi connectivity index (χ2v) is 4.24. The minimum Gasteiger partial charge on any atom is -0.445 e. The maximum Gasteiger partial charge on any atom is 0.407 e. The highest BCUT2D eigenvalue weighted by Crippen LogP contribution is 2.01. The van der Waals surface area contributed by atoms with Crippen LogP contribution in [0.15, 0.2) is 30.3 Å². The lowest BCUT2D eigenvalue weighted by atomic mass is 10.2. The number of nitrogens with one attached hydrogen (secondary N) is 1. The highest BCUT2D eigenvalue weighted by atomic mass is 17.1. The smallest absolute Gasteiger partial charge is 0.407 e. The second-order valence-electron chi connectivity index (χ2n) is 4.24. The second kappa shape index (κ2) is 10.3.